The number of aliphatic hydroxyl groups excluding tert-OH is 2. The monoisotopic (exact) mass is 558 g/mol. The Morgan fingerprint density at radius 2 is 0.969 bits per heavy atom. The van der Waals surface area contributed by atoms with Crippen LogP contribution < -0.4 is 4.89 Å². The summed E-state index contributed by atoms with van der Waals surface area (Å²) in [5.74, 6) is -0.408. The first-order chi connectivity index (χ1) is 15.5. The van der Waals surface area contributed by atoms with Crippen LogP contribution in [0.5, 0.6) is 23.0 Å². The number of fused-ring (bicyclic) bond motifs is 6. The van der Waals surface area contributed by atoms with Gasteiger partial charge in [-0.2, -0.15) is 4.89 Å². The first-order valence-electron chi connectivity index (χ1n) is 9.00. The van der Waals surface area contributed by atoms with Crippen LogP contribution >= 0.6 is 22.6 Å². The number of phenolic OH excluding ortho intramolecular Hbond substituents is 3. The number of furan rings is 2. The molecule has 0 fully saturated rings. The van der Waals surface area contributed by atoms with Crippen LogP contribution in [0.2, 0.25) is 0 Å². The first-order valence-corrected chi connectivity index (χ1v) is 11.2. The normalized spacial score (nSPS) is 10.2. The van der Waals surface area contributed by atoms with Gasteiger partial charge in [-0.3, -0.25) is 0 Å². The molecule has 2 aromatic heterocycles. The average Bonchev–Trinajstić information content (AvgIpc) is 3.33. The number of aliphatic hydroxyl groups is 2. The van der Waals surface area contributed by atoms with Gasteiger partial charge in [-0.15, -0.1) is 0 Å². The maximum Gasteiger partial charge on any atom is 0.207 e. The van der Waals surface area contributed by atoms with E-state index >= 15 is 0 Å². The van der Waals surface area contributed by atoms with E-state index in [0.29, 0.717) is 27.7 Å². The number of hydrogen-bond donors (Lipinski definition) is 5. The van der Waals surface area contributed by atoms with E-state index in [-0.39, 0.29) is 23.0 Å². The van der Waals surface area contributed by atoms with Crippen LogP contribution in [0.4, 0.5) is 0 Å². The van der Waals surface area contributed by atoms with Crippen molar-refractivity contribution in [1.82, 2.24) is 0 Å². The Hall–Kier alpha value is -2.93. The summed E-state index contributed by atoms with van der Waals surface area (Å²) >= 11 is 2.15. The Kier molecular flexibility index (Phi) is 8.78. The highest BCUT2D eigenvalue weighted by molar-refractivity contribution is 14.1. The third-order valence-electron chi connectivity index (χ3n) is 4.41. The fraction of sp³-hybridized carbons (Fsp3) is 0.182. The maximum absolute atomic E-state index is 9.98. The van der Waals surface area contributed by atoms with Crippen molar-refractivity contribution in [3.63, 3.8) is 0 Å². The zero-order valence-electron chi connectivity index (χ0n) is 17.7. The van der Waals surface area contributed by atoms with Gasteiger partial charge in [0, 0.05) is 47.9 Å². The Labute approximate surface area is 196 Å². The second-order valence-corrected chi connectivity index (χ2v) is 5.95. The molecule has 10 heteroatoms. The molecule has 3 aromatic carbocycles. The molecule has 0 unspecified atom stereocenters. The molecule has 0 aliphatic carbocycles. The molecule has 5 aromatic rings. The number of aromatic hydroxyl groups is 3. The van der Waals surface area contributed by atoms with Gasteiger partial charge in [-0.25, -0.2) is 0 Å². The average molecular weight is 558 g/mol. The quantitative estimate of drug-likeness (QED) is 0.0678. The molecule has 0 spiro atoms. The van der Waals surface area contributed by atoms with Gasteiger partial charge in [0.25, 0.3) is 0 Å². The second-order valence-electron chi connectivity index (χ2n) is 5.95. The van der Waals surface area contributed by atoms with Crippen LogP contribution in [0.3, 0.4) is 0 Å². The summed E-state index contributed by atoms with van der Waals surface area (Å²) in [6, 6.07) is 9.48. The molecule has 0 bridgehead atoms. The predicted octanol–water partition coefficient (Wildman–Crippen LogP) is 4.81. The minimum absolute atomic E-state index is 0.104. The fourth-order valence-electron chi connectivity index (χ4n) is 3.24. The Balaban J connectivity index is 0.000000561. The first kappa shape index (κ1) is 25.3. The minimum Gasteiger partial charge on any atom is -0.504 e. The van der Waals surface area contributed by atoms with E-state index in [0.717, 1.165) is 30.4 Å². The molecule has 0 radical (unpaired) electrons. The highest BCUT2D eigenvalue weighted by Crippen LogP contribution is 2.42. The van der Waals surface area contributed by atoms with Crippen molar-refractivity contribution in [2.45, 2.75) is 0 Å². The van der Waals surface area contributed by atoms with Gasteiger partial charge in [-0.05, 0) is 29.2 Å². The number of benzene rings is 3. The van der Waals surface area contributed by atoms with E-state index in [9.17, 15) is 15.3 Å². The molecule has 0 atom stereocenters. The summed E-state index contributed by atoms with van der Waals surface area (Å²) in [6.07, 6.45) is 0. The van der Waals surface area contributed by atoms with Crippen molar-refractivity contribution in [2.75, 3.05) is 26.3 Å². The lowest BCUT2D eigenvalue weighted by Crippen LogP contribution is -1.90. The number of halogens is 1. The lowest BCUT2D eigenvalue weighted by molar-refractivity contribution is -0.179. The number of alkyl halides is 1. The summed E-state index contributed by atoms with van der Waals surface area (Å²) in [6.45, 7) is 0. The Morgan fingerprint density at radius 1 is 0.594 bits per heavy atom. The summed E-state index contributed by atoms with van der Waals surface area (Å²) in [4.78, 5) is 11.5. The summed E-state index contributed by atoms with van der Waals surface area (Å²) < 4.78 is 11.6. The Morgan fingerprint density at radius 3 is 1.47 bits per heavy atom. The maximum atomic E-state index is 9.98. The zero-order valence-corrected chi connectivity index (χ0v) is 19.9. The van der Waals surface area contributed by atoms with Crippen LogP contribution in [-0.2, 0) is 4.89 Å². The van der Waals surface area contributed by atoms with Crippen LogP contribution in [0.1, 0.15) is 0 Å². The van der Waals surface area contributed by atoms with Crippen LogP contribution in [-0.4, -0.2) is 51.8 Å². The highest BCUT2D eigenvalue weighted by atomic mass is 127. The number of rotatable bonds is 2. The van der Waals surface area contributed by atoms with Gasteiger partial charge >= 0.3 is 0 Å². The van der Waals surface area contributed by atoms with E-state index in [2.05, 4.69) is 27.5 Å². The molecular formula is C22H23IO9. The molecule has 32 heavy (non-hydrogen) atoms. The van der Waals surface area contributed by atoms with Crippen molar-refractivity contribution < 1.29 is 44.1 Å². The lowest BCUT2D eigenvalue weighted by Gasteiger charge is -2.02. The van der Waals surface area contributed by atoms with Crippen LogP contribution in [0.25, 0.3) is 43.9 Å². The van der Waals surface area contributed by atoms with Crippen molar-refractivity contribution in [3.05, 3.63) is 36.4 Å². The van der Waals surface area contributed by atoms with E-state index in [1.165, 1.54) is 25.3 Å². The molecule has 5 rings (SSSR count). The summed E-state index contributed by atoms with van der Waals surface area (Å²) in [5, 5.41) is 46.3. The molecule has 2 heterocycles. The van der Waals surface area contributed by atoms with E-state index in [1.54, 1.807) is 18.2 Å². The van der Waals surface area contributed by atoms with Crippen molar-refractivity contribution in [3.8, 4) is 23.0 Å². The minimum atomic E-state index is -0.248. The summed E-state index contributed by atoms with van der Waals surface area (Å²) in [7, 11) is 3.35. The third-order valence-corrected chi connectivity index (χ3v) is 4.41. The standard InChI is InChI=1S/C19H12O7.CH3I.2CH4O/c1-23-26-19-5-11-10-4-15-9(3-16(10)25-18(11)7-14(19)22)8-2-12(20)13(21)6-17(8)24-15;3*1-2/h2-7,20-22H,1H3;1H3;2*2H,1H3. The van der Waals surface area contributed by atoms with Gasteiger partial charge in [0.2, 0.25) is 5.75 Å². The molecular weight excluding hydrogens is 535 g/mol. The van der Waals surface area contributed by atoms with E-state index in [1.807, 2.05) is 4.93 Å². The van der Waals surface area contributed by atoms with Crippen molar-refractivity contribution >= 4 is 66.5 Å². The van der Waals surface area contributed by atoms with Gasteiger partial charge in [0.15, 0.2) is 17.2 Å². The Bertz CT molecular complexity index is 1340. The highest BCUT2D eigenvalue weighted by Gasteiger charge is 2.17. The lowest BCUT2D eigenvalue weighted by atomic mass is 10.1. The molecule has 0 aliphatic rings. The molecule has 9 nitrogen and oxygen atoms in total. The fourth-order valence-corrected chi connectivity index (χ4v) is 3.24. The smallest absolute Gasteiger partial charge is 0.207 e. The third kappa shape index (κ3) is 4.48. The van der Waals surface area contributed by atoms with E-state index < -0.39 is 0 Å². The van der Waals surface area contributed by atoms with Crippen LogP contribution in [0, 0.1) is 0 Å². The molecule has 172 valence electrons. The van der Waals surface area contributed by atoms with Crippen LogP contribution in [0.15, 0.2) is 45.2 Å². The van der Waals surface area contributed by atoms with Gasteiger partial charge in [-0.1, -0.05) is 22.6 Å². The zero-order chi connectivity index (χ0) is 24.0. The van der Waals surface area contributed by atoms with E-state index in [4.69, 9.17) is 23.9 Å². The number of phenols is 3. The number of hydrogen-bond acceptors (Lipinski definition) is 9. The second kappa shape index (κ2) is 11.1. The summed E-state index contributed by atoms with van der Waals surface area (Å²) in [5.41, 5.74) is 2.09. The topological polar surface area (TPSA) is 146 Å². The predicted molar refractivity (Wildman–Crippen MR) is 130 cm³/mol. The SMILES string of the molecule is CI.CO.CO.COOc1cc2c(cc1O)oc1cc3c(cc12)oc1cc(O)c(O)cc13. The molecule has 5 N–H and O–H groups in total. The molecule has 0 aliphatic heterocycles. The van der Waals surface area contributed by atoms with Gasteiger partial charge in [0.05, 0.1) is 7.11 Å². The molecule has 0 saturated carbocycles. The van der Waals surface area contributed by atoms with Gasteiger partial charge in [0.1, 0.15) is 22.3 Å². The van der Waals surface area contributed by atoms with Gasteiger partial charge < -0.3 is 39.3 Å². The molecule has 0 saturated heterocycles. The molecule has 0 amide bonds. The van der Waals surface area contributed by atoms with Crippen molar-refractivity contribution in [1.29, 1.82) is 0 Å². The van der Waals surface area contributed by atoms with Crippen molar-refractivity contribution in [2.24, 2.45) is 0 Å². The largest absolute Gasteiger partial charge is 0.504 e.